The smallest absolute Gasteiger partial charge is 0.330 e. The van der Waals surface area contributed by atoms with Crippen molar-refractivity contribution >= 4 is 29.4 Å². The topological polar surface area (TPSA) is 166 Å². The number of hydrogen-bond donors (Lipinski definition) is 3. The number of rotatable bonds is 11. The summed E-state index contributed by atoms with van der Waals surface area (Å²) in [6.45, 7) is -0.156. The van der Waals surface area contributed by atoms with Crippen molar-refractivity contribution in [3.05, 3.63) is 52.7 Å². The van der Waals surface area contributed by atoms with Gasteiger partial charge >= 0.3 is 5.97 Å². The Hall–Kier alpha value is -4.29. The van der Waals surface area contributed by atoms with E-state index in [1.807, 2.05) is 0 Å². The van der Waals surface area contributed by atoms with Crippen molar-refractivity contribution < 1.29 is 23.9 Å². The standard InChI is InChI=1S/C29H37N7O6/c1-35-15-23(33-34-35)28(40)30-21(6-3-4-8-25(38)42-2)27(39)31-22-7-5-9-36(29(22)41)16-24(37)32-26-19-11-17-10-18(13-19)14-20(26)12-17/h4-5,7-9,15,17-21,26H,3,6,10-14,16H2,1-2H3,(H,30,40)(H,31,39)(H,32,37)/b8-4+/t17?,18?,19?,20?,21-,26?/m0/s1. The predicted octanol–water partition coefficient (Wildman–Crippen LogP) is 1.16. The second-order valence-electron chi connectivity index (χ2n) is 11.7. The summed E-state index contributed by atoms with van der Waals surface area (Å²) in [5.41, 5.74) is -0.530. The third-order valence-corrected chi connectivity index (χ3v) is 8.68. The lowest BCUT2D eigenvalue weighted by molar-refractivity contribution is -0.134. The van der Waals surface area contributed by atoms with Crippen molar-refractivity contribution in [2.24, 2.45) is 30.7 Å². The van der Waals surface area contributed by atoms with Gasteiger partial charge in [-0.05, 0) is 80.8 Å². The van der Waals surface area contributed by atoms with E-state index in [1.54, 1.807) is 13.1 Å². The number of allylic oxidation sites excluding steroid dienone is 1. The summed E-state index contributed by atoms with van der Waals surface area (Å²) in [6.07, 6.45) is 12.1. The molecular weight excluding hydrogens is 542 g/mol. The maximum Gasteiger partial charge on any atom is 0.330 e. The summed E-state index contributed by atoms with van der Waals surface area (Å²) in [7, 11) is 2.86. The van der Waals surface area contributed by atoms with Gasteiger partial charge in [-0.3, -0.25) is 23.9 Å². The van der Waals surface area contributed by atoms with E-state index in [4.69, 9.17) is 0 Å². The van der Waals surface area contributed by atoms with E-state index < -0.39 is 29.4 Å². The summed E-state index contributed by atoms with van der Waals surface area (Å²) in [6, 6.07) is 2.13. The van der Waals surface area contributed by atoms with Gasteiger partial charge in [-0.25, -0.2) is 4.79 Å². The first-order chi connectivity index (χ1) is 20.2. The van der Waals surface area contributed by atoms with Crippen molar-refractivity contribution in [3.8, 4) is 0 Å². The van der Waals surface area contributed by atoms with Gasteiger partial charge < -0.3 is 25.3 Å². The zero-order valence-electron chi connectivity index (χ0n) is 23.8. The number of ether oxygens (including phenoxy) is 1. The van der Waals surface area contributed by atoms with Crippen molar-refractivity contribution in [2.45, 2.75) is 63.6 Å². The number of aryl methyl sites for hydroxylation is 1. The highest BCUT2D eigenvalue weighted by molar-refractivity contribution is 6.00. The minimum atomic E-state index is -1.06. The van der Waals surface area contributed by atoms with E-state index in [0.29, 0.717) is 11.8 Å². The lowest BCUT2D eigenvalue weighted by Crippen LogP contribution is -2.56. The first kappa shape index (κ1) is 29.2. The molecule has 4 bridgehead atoms. The van der Waals surface area contributed by atoms with Crippen LogP contribution in [0.3, 0.4) is 0 Å². The van der Waals surface area contributed by atoms with Crippen LogP contribution in [0.4, 0.5) is 5.69 Å². The van der Waals surface area contributed by atoms with E-state index >= 15 is 0 Å². The summed E-state index contributed by atoms with van der Waals surface area (Å²) in [4.78, 5) is 63.6. The van der Waals surface area contributed by atoms with E-state index in [2.05, 4.69) is 31.0 Å². The van der Waals surface area contributed by atoms with Crippen LogP contribution in [0.2, 0.25) is 0 Å². The molecule has 0 unspecified atom stereocenters. The molecule has 13 nitrogen and oxygen atoms in total. The molecule has 0 aromatic carbocycles. The first-order valence-corrected chi connectivity index (χ1v) is 14.4. The van der Waals surface area contributed by atoms with Crippen LogP contribution in [-0.4, -0.2) is 62.4 Å². The van der Waals surface area contributed by atoms with Crippen LogP contribution >= 0.6 is 0 Å². The third kappa shape index (κ3) is 6.77. The van der Waals surface area contributed by atoms with Gasteiger partial charge in [-0.1, -0.05) is 11.3 Å². The van der Waals surface area contributed by atoms with E-state index in [-0.39, 0.29) is 42.7 Å². The molecular formula is C29H37N7O6. The van der Waals surface area contributed by atoms with Crippen LogP contribution in [0, 0.1) is 23.7 Å². The Balaban J connectivity index is 1.23. The van der Waals surface area contributed by atoms with Crippen LogP contribution in [0.25, 0.3) is 0 Å². The lowest BCUT2D eigenvalue weighted by Gasteiger charge is -2.54. The molecule has 42 heavy (non-hydrogen) atoms. The van der Waals surface area contributed by atoms with E-state index in [0.717, 1.165) is 11.8 Å². The fourth-order valence-electron chi connectivity index (χ4n) is 6.99. The van der Waals surface area contributed by atoms with Gasteiger partial charge in [-0.2, -0.15) is 0 Å². The maximum atomic E-state index is 13.2. The Morgan fingerprint density at radius 3 is 2.48 bits per heavy atom. The van der Waals surface area contributed by atoms with Crippen molar-refractivity contribution in [2.75, 3.05) is 12.4 Å². The summed E-state index contributed by atoms with van der Waals surface area (Å²) in [5, 5.41) is 15.9. The molecule has 2 aromatic rings. The highest BCUT2D eigenvalue weighted by atomic mass is 16.5. The monoisotopic (exact) mass is 579 g/mol. The SMILES string of the molecule is COC(=O)/C=C/CC[C@H](NC(=O)c1cn(C)nn1)C(=O)Nc1cccn(CC(=O)NC2C3CC4CC(C3)CC2C4)c1=O. The van der Waals surface area contributed by atoms with Crippen LogP contribution in [0.5, 0.6) is 0 Å². The molecule has 0 spiro atoms. The molecule has 3 amide bonds. The Morgan fingerprint density at radius 2 is 1.83 bits per heavy atom. The van der Waals surface area contributed by atoms with Crippen molar-refractivity contribution in [1.82, 2.24) is 30.2 Å². The number of pyridine rings is 1. The second kappa shape index (κ2) is 12.7. The highest BCUT2D eigenvalue weighted by Crippen LogP contribution is 2.53. The van der Waals surface area contributed by atoms with Crippen LogP contribution in [0.15, 0.2) is 41.5 Å². The molecule has 13 heteroatoms. The second-order valence-corrected chi connectivity index (χ2v) is 11.7. The molecule has 6 rings (SSSR count). The van der Waals surface area contributed by atoms with Crippen LogP contribution in [0.1, 0.15) is 55.4 Å². The molecule has 1 atom stereocenters. The Morgan fingerprint density at radius 1 is 1.12 bits per heavy atom. The molecule has 4 aliphatic rings. The van der Waals surface area contributed by atoms with Crippen molar-refractivity contribution in [3.63, 3.8) is 0 Å². The largest absolute Gasteiger partial charge is 0.466 e. The molecule has 4 saturated carbocycles. The molecule has 224 valence electrons. The predicted molar refractivity (Wildman–Crippen MR) is 151 cm³/mol. The minimum absolute atomic E-state index is 0.0196. The van der Waals surface area contributed by atoms with Gasteiger partial charge in [0.15, 0.2) is 5.69 Å². The van der Waals surface area contributed by atoms with Gasteiger partial charge in [-0.15, -0.1) is 5.10 Å². The average molecular weight is 580 g/mol. The number of carbonyl (C=O) groups is 4. The molecule has 4 fully saturated rings. The van der Waals surface area contributed by atoms with Gasteiger partial charge in [0, 0.05) is 25.4 Å². The molecule has 4 aliphatic carbocycles. The summed E-state index contributed by atoms with van der Waals surface area (Å²) in [5.74, 6) is 0.608. The summed E-state index contributed by atoms with van der Waals surface area (Å²) < 4.78 is 7.20. The molecule has 3 N–H and O–H groups in total. The molecule has 2 heterocycles. The summed E-state index contributed by atoms with van der Waals surface area (Å²) >= 11 is 0. The number of esters is 1. The Bertz CT molecular complexity index is 1400. The Labute approximate surface area is 243 Å². The zero-order chi connectivity index (χ0) is 29.8. The number of nitrogens with zero attached hydrogens (tertiary/aromatic N) is 4. The molecule has 2 aromatic heterocycles. The number of anilines is 1. The minimum Gasteiger partial charge on any atom is -0.466 e. The van der Waals surface area contributed by atoms with Crippen molar-refractivity contribution in [1.29, 1.82) is 0 Å². The van der Waals surface area contributed by atoms with E-state index in [1.165, 1.54) is 79.1 Å². The maximum absolute atomic E-state index is 13.2. The Kier molecular flexibility index (Phi) is 8.83. The third-order valence-electron chi connectivity index (χ3n) is 8.68. The van der Waals surface area contributed by atoms with Gasteiger partial charge in [0.25, 0.3) is 11.5 Å². The first-order valence-electron chi connectivity index (χ1n) is 14.4. The molecule has 0 saturated heterocycles. The molecule has 0 aliphatic heterocycles. The van der Waals surface area contributed by atoms with Gasteiger partial charge in [0.1, 0.15) is 18.3 Å². The average Bonchev–Trinajstić information content (AvgIpc) is 3.40. The number of amides is 3. The van der Waals surface area contributed by atoms with E-state index in [9.17, 15) is 24.0 Å². The fourth-order valence-corrected chi connectivity index (χ4v) is 6.99. The lowest BCUT2D eigenvalue weighted by atomic mass is 9.54. The molecule has 0 radical (unpaired) electrons. The number of carbonyl (C=O) groups excluding carboxylic acids is 4. The quantitative estimate of drug-likeness (QED) is 0.263. The van der Waals surface area contributed by atoms with Gasteiger partial charge in [0.2, 0.25) is 11.8 Å². The normalized spacial score (nSPS) is 24.8. The number of methoxy groups -OCH3 is 1. The van der Waals surface area contributed by atoms with Crippen LogP contribution < -0.4 is 21.5 Å². The fraction of sp³-hybridized carbons (Fsp3) is 0.552. The number of hydrogen-bond acceptors (Lipinski definition) is 8. The van der Waals surface area contributed by atoms with Gasteiger partial charge in [0.05, 0.1) is 13.3 Å². The number of nitrogens with one attached hydrogen (secondary N) is 3. The number of aromatic nitrogens is 4. The zero-order valence-corrected chi connectivity index (χ0v) is 23.8. The highest BCUT2D eigenvalue weighted by Gasteiger charge is 2.48. The van der Waals surface area contributed by atoms with Crippen LogP contribution in [-0.2, 0) is 32.7 Å².